The number of carboxylic acid groups (broad SMARTS) is 1. The Morgan fingerprint density at radius 1 is 1.28 bits per heavy atom. The highest BCUT2D eigenvalue weighted by atomic mass is 16.4. The van der Waals surface area contributed by atoms with Gasteiger partial charge in [-0.2, -0.15) is 5.10 Å². The SMILES string of the molecule is O=C(O)C1(c2ccc3[nH]ncc3c2)CCCCC1. The van der Waals surface area contributed by atoms with E-state index in [1.54, 1.807) is 6.20 Å². The third-order valence-corrected chi connectivity index (χ3v) is 4.11. The molecule has 1 heterocycles. The standard InChI is InChI=1S/C14H16N2O2/c17-13(18)14(6-2-1-3-7-14)11-4-5-12-10(8-11)9-15-16-12/h4-5,8-9H,1-3,6-7H2,(H,15,16)(H,17,18). The number of benzene rings is 1. The summed E-state index contributed by atoms with van der Waals surface area (Å²) >= 11 is 0. The average molecular weight is 244 g/mol. The molecule has 18 heavy (non-hydrogen) atoms. The molecule has 0 aliphatic heterocycles. The first-order valence-corrected chi connectivity index (χ1v) is 6.39. The number of aromatic nitrogens is 2. The van der Waals surface area contributed by atoms with Crippen molar-refractivity contribution in [1.82, 2.24) is 10.2 Å². The van der Waals surface area contributed by atoms with Crippen LogP contribution < -0.4 is 0 Å². The Balaban J connectivity index is 2.11. The molecule has 94 valence electrons. The van der Waals surface area contributed by atoms with Gasteiger partial charge in [0, 0.05) is 5.39 Å². The van der Waals surface area contributed by atoms with E-state index in [2.05, 4.69) is 10.2 Å². The van der Waals surface area contributed by atoms with Crippen LogP contribution in [0.4, 0.5) is 0 Å². The highest BCUT2D eigenvalue weighted by molar-refractivity contribution is 5.85. The van der Waals surface area contributed by atoms with Crippen LogP contribution in [0.5, 0.6) is 0 Å². The molecule has 4 nitrogen and oxygen atoms in total. The number of nitrogens with one attached hydrogen (secondary N) is 1. The van der Waals surface area contributed by atoms with Gasteiger partial charge in [-0.3, -0.25) is 9.89 Å². The molecule has 0 bridgehead atoms. The number of fused-ring (bicyclic) bond motifs is 1. The Bertz CT molecular complexity index is 582. The molecule has 0 saturated heterocycles. The monoisotopic (exact) mass is 244 g/mol. The number of rotatable bonds is 2. The molecule has 1 aromatic carbocycles. The maximum Gasteiger partial charge on any atom is 0.314 e. The van der Waals surface area contributed by atoms with Gasteiger partial charge in [0.15, 0.2) is 0 Å². The van der Waals surface area contributed by atoms with E-state index in [0.29, 0.717) is 0 Å². The Kier molecular flexibility index (Phi) is 2.58. The molecular weight excluding hydrogens is 228 g/mol. The summed E-state index contributed by atoms with van der Waals surface area (Å²) in [6, 6.07) is 5.83. The summed E-state index contributed by atoms with van der Waals surface area (Å²) < 4.78 is 0. The molecule has 2 N–H and O–H groups in total. The van der Waals surface area contributed by atoms with Crippen LogP contribution in [0.2, 0.25) is 0 Å². The molecule has 0 atom stereocenters. The Labute approximate surface area is 105 Å². The van der Waals surface area contributed by atoms with Crippen LogP contribution in [0.3, 0.4) is 0 Å². The first-order valence-electron chi connectivity index (χ1n) is 6.39. The van der Waals surface area contributed by atoms with Crippen LogP contribution in [0.15, 0.2) is 24.4 Å². The number of carboxylic acids is 1. The number of H-pyrrole nitrogens is 1. The van der Waals surface area contributed by atoms with Crippen LogP contribution in [-0.4, -0.2) is 21.3 Å². The van der Waals surface area contributed by atoms with Crippen molar-refractivity contribution < 1.29 is 9.90 Å². The fourth-order valence-corrected chi connectivity index (χ4v) is 3.02. The molecule has 1 fully saturated rings. The molecule has 4 heteroatoms. The maximum atomic E-state index is 11.7. The van der Waals surface area contributed by atoms with Crippen molar-refractivity contribution in [3.8, 4) is 0 Å². The zero-order chi connectivity index (χ0) is 12.6. The first-order chi connectivity index (χ1) is 8.72. The lowest BCUT2D eigenvalue weighted by atomic mass is 9.69. The number of hydrogen-bond acceptors (Lipinski definition) is 2. The summed E-state index contributed by atoms with van der Waals surface area (Å²) in [7, 11) is 0. The van der Waals surface area contributed by atoms with Crippen LogP contribution >= 0.6 is 0 Å². The normalized spacial score (nSPS) is 18.9. The van der Waals surface area contributed by atoms with Crippen molar-refractivity contribution in [2.75, 3.05) is 0 Å². The second-order valence-corrected chi connectivity index (χ2v) is 5.12. The molecule has 1 aromatic heterocycles. The quantitative estimate of drug-likeness (QED) is 0.853. The Hall–Kier alpha value is -1.84. The minimum Gasteiger partial charge on any atom is -0.481 e. The third-order valence-electron chi connectivity index (χ3n) is 4.11. The van der Waals surface area contributed by atoms with Gasteiger partial charge in [-0.05, 0) is 30.5 Å². The van der Waals surface area contributed by atoms with E-state index in [9.17, 15) is 9.90 Å². The van der Waals surface area contributed by atoms with Crippen molar-refractivity contribution in [2.24, 2.45) is 0 Å². The molecule has 3 rings (SSSR count). The van der Waals surface area contributed by atoms with Crippen LogP contribution in [0, 0.1) is 0 Å². The van der Waals surface area contributed by atoms with Gasteiger partial charge in [0.05, 0.1) is 17.1 Å². The van der Waals surface area contributed by atoms with Gasteiger partial charge in [-0.1, -0.05) is 25.3 Å². The maximum absolute atomic E-state index is 11.7. The molecule has 2 aromatic rings. The zero-order valence-corrected chi connectivity index (χ0v) is 10.1. The van der Waals surface area contributed by atoms with E-state index >= 15 is 0 Å². The molecule has 1 aliphatic rings. The van der Waals surface area contributed by atoms with Gasteiger partial charge in [0.1, 0.15) is 0 Å². The third kappa shape index (κ3) is 1.60. The highest BCUT2D eigenvalue weighted by Gasteiger charge is 2.41. The lowest BCUT2D eigenvalue weighted by molar-refractivity contribution is -0.145. The smallest absolute Gasteiger partial charge is 0.314 e. The van der Waals surface area contributed by atoms with Gasteiger partial charge in [-0.15, -0.1) is 0 Å². The van der Waals surface area contributed by atoms with E-state index in [4.69, 9.17) is 0 Å². The van der Waals surface area contributed by atoms with Crippen LogP contribution in [0.25, 0.3) is 10.9 Å². The molecule has 0 amide bonds. The van der Waals surface area contributed by atoms with E-state index in [1.165, 1.54) is 0 Å². The minimum absolute atomic E-state index is 0.690. The van der Waals surface area contributed by atoms with Crippen molar-refractivity contribution in [3.63, 3.8) is 0 Å². The minimum atomic E-state index is -0.691. The number of carbonyl (C=O) groups is 1. The molecule has 1 aliphatic carbocycles. The molecule has 0 unspecified atom stereocenters. The second-order valence-electron chi connectivity index (χ2n) is 5.12. The van der Waals surface area contributed by atoms with Crippen molar-refractivity contribution in [1.29, 1.82) is 0 Å². The summed E-state index contributed by atoms with van der Waals surface area (Å²) in [5.41, 5.74) is 1.18. The lowest BCUT2D eigenvalue weighted by Gasteiger charge is -2.33. The lowest BCUT2D eigenvalue weighted by Crippen LogP contribution is -2.37. The van der Waals surface area contributed by atoms with E-state index in [-0.39, 0.29) is 0 Å². The fraction of sp³-hybridized carbons (Fsp3) is 0.429. The number of nitrogens with zero attached hydrogens (tertiary/aromatic N) is 1. The van der Waals surface area contributed by atoms with Crippen molar-refractivity contribution in [2.45, 2.75) is 37.5 Å². The van der Waals surface area contributed by atoms with Gasteiger partial charge in [0.2, 0.25) is 0 Å². The molecule has 0 radical (unpaired) electrons. The van der Waals surface area contributed by atoms with E-state index < -0.39 is 11.4 Å². The summed E-state index contributed by atoms with van der Waals surface area (Å²) in [5, 5.41) is 17.5. The molecular formula is C14H16N2O2. The summed E-state index contributed by atoms with van der Waals surface area (Å²) in [6.45, 7) is 0. The zero-order valence-electron chi connectivity index (χ0n) is 10.1. The van der Waals surface area contributed by atoms with Gasteiger partial charge >= 0.3 is 5.97 Å². The van der Waals surface area contributed by atoms with E-state index in [0.717, 1.165) is 48.6 Å². The number of aromatic amines is 1. The van der Waals surface area contributed by atoms with Gasteiger partial charge in [-0.25, -0.2) is 0 Å². The second kappa shape index (κ2) is 4.12. The number of hydrogen-bond donors (Lipinski definition) is 2. The number of aliphatic carboxylic acids is 1. The highest BCUT2D eigenvalue weighted by Crippen LogP contribution is 2.40. The average Bonchev–Trinajstić information content (AvgIpc) is 2.86. The van der Waals surface area contributed by atoms with Crippen LogP contribution in [0.1, 0.15) is 37.7 Å². The predicted molar refractivity (Wildman–Crippen MR) is 68.5 cm³/mol. The fourth-order valence-electron chi connectivity index (χ4n) is 3.02. The van der Waals surface area contributed by atoms with Crippen molar-refractivity contribution in [3.05, 3.63) is 30.0 Å². The summed E-state index contributed by atoms with van der Waals surface area (Å²) in [5.74, 6) is -0.690. The van der Waals surface area contributed by atoms with Gasteiger partial charge in [0.25, 0.3) is 0 Å². The topological polar surface area (TPSA) is 66.0 Å². The predicted octanol–water partition coefficient (Wildman–Crippen LogP) is 2.85. The van der Waals surface area contributed by atoms with Crippen molar-refractivity contribution >= 4 is 16.9 Å². The Morgan fingerprint density at radius 2 is 2.06 bits per heavy atom. The molecule has 1 saturated carbocycles. The summed E-state index contributed by atoms with van der Waals surface area (Å²) in [6.07, 6.45) is 6.36. The van der Waals surface area contributed by atoms with E-state index in [1.807, 2.05) is 18.2 Å². The summed E-state index contributed by atoms with van der Waals surface area (Å²) in [4.78, 5) is 11.7. The molecule has 0 spiro atoms. The Morgan fingerprint density at radius 3 is 2.78 bits per heavy atom. The van der Waals surface area contributed by atoms with Gasteiger partial charge < -0.3 is 5.11 Å². The first kappa shape index (κ1) is 11.3. The largest absolute Gasteiger partial charge is 0.481 e. The van der Waals surface area contributed by atoms with Crippen LogP contribution in [-0.2, 0) is 10.2 Å².